The molecule has 0 aliphatic heterocycles. The molecule has 0 spiro atoms. The Kier molecular flexibility index (Phi) is 11.1. The van der Waals surface area contributed by atoms with Crippen LogP contribution < -0.4 is 0 Å². The predicted molar refractivity (Wildman–Crippen MR) is 200 cm³/mol. The normalized spacial score (nSPS) is 36.2. The Morgan fingerprint density at radius 1 is 1.04 bits per heavy atom. The van der Waals surface area contributed by atoms with Crippen molar-refractivity contribution in [3.8, 4) is 0 Å². The smallest absolute Gasteiger partial charge is 0.334 e. The van der Waals surface area contributed by atoms with Crippen LogP contribution in [0.25, 0.3) is 0 Å². The zero-order chi connectivity index (χ0) is 37.7. The van der Waals surface area contributed by atoms with E-state index in [1.165, 1.54) is 6.92 Å². The molecule has 1 aromatic carbocycles. The first kappa shape index (κ1) is 39.0. The topological polar surface area (TPSA) is 124 Å². The van der Waals surface area contributed by atoms with Crippen LogP contribution in [0.5, 0.6) is 0 Å². The second kappa shape index (κ2) is 14.8. The summed E-state index contributed by atoms with van der Waals surface area (Å²) in [6.45, 7) is 15.0. The fourth-order valence-corrected chi connectivity index (χ4v) is 11.6. The number of hydrogen-bond donors (Lipinski definition) is 2. The summed E-state index contributed by atoms with van der Waals surface area (Å²) in [6, 6.07) is 5.38. The van der Waals surface area contributed by atoms with Crippen molar-refractivity contribution in [1.82, 2.24) is 15.0 Å². The van der Waals surface area contributed by atoms with E-state index in [1.54, 1.807) is 23.0 Å². The first-order chi connectivity index (χ1) is 24.5. The number of ether oxygens (including phenoxy) is 2. The summed E-state index contributed by atoms with van der Waals surface area (Å²) in [5.74, 6) is -0.538. The maximum absolute atomic E-state index is 14.3. The van der Waals surface area contributed by atoms with Gasteiger partial charge >= 0.3 is 11.9 Å². The first-order valence-corrected chi connectivity index (χ1v) is 19.6. The fraction of sp³-hybridized carbons (Fsp3) is 0.659. The van der Waals surface area contributed by atoms with Crippen LogP contribution in [0.15, 0.2) is 47.2 Å². The SMILES string of the molecule is CC(=O)O[C@H]1C[C@@]2(C)[C@@H](C[C@@H](O)[C@H]3[C@@]4(C)CC[C@@H](O)[C@@H](C)[C@@H]4CC[C@@]32C)/C1=C(\CCC=C(C)C)C(=O)OCc1cn(Cc2ccc(Cl)c(Cl)c2)nn1. The van der Waals surface area contributed by atoms with E-state index in [0.29, 0.717) is 59.5 Å². The summed E-state index contributed by atoms with van der Waals surface area (Å²) >= 11 is 12.3. The van der Waals surface area contributed by atoms with E-state index in [1.807, 2.05) is 19.9 Å². The van der Waals surface area contributed by atoms with Crippen molar-refractivity contribution in [2.75, 3.05) is 0 Å². The zero-order valence-corrected chi connectivity index (χ0v) is 33.1. The van der Waals surface area contributed by atoms with Gasteiger partial charge in [-0.2, -0.15) is 0 Å². The number of nitrogens with zero attached hydrogens (tertiary/aromatic N) is 3. The molecule has 11 heteroatoms. The quantitative estimate of drug-likeness (QED) is 0.149. The molecule has 1 aromatic heterocycles. The van der Waals surface area contributed by atoms with Gasteiger partial charge in [-0.05, 0) is 128 Å². The number of benzene rings is 1. The largest absolute Gasteiger partial charge is 0.458 e. The maximum Gasteiger partial charge on any atom is 0.334 e. The summed E-state index contributed by atoms with van der Waals surface area (Å²) in [6.07, 6.45) is 7.87. The minimum atomic E-state index is -0.606. The number of hydrogen-bond acceptors (Lipinski definition) is 8. The van der Waals surface area contributed by atoms with Gasteiger partial charge in [-0.15, -0.1) is 5.10 Å². The van der Waals surface area contributed by atoms with Crippen LogP contribution >= 0.6 is 23.2 Å². The van der Waals surface area contributed by atoms with Gasteiger partial charge in [0.05, 0.1) is 35.0 Å². The van der Waals surface area contributed by atoms with Gasteiger partial charge < -0.3 is 19.7 Å². The van der Waals surface area contributed by atoms with Gasteiger partial charge in [-0.3, -0.25) is 4.79 Å². The van der Waals surface area contributed by atoms with Gasteiger partial charge in [0, 0.05) is 12.5 Å². The second-order valence-corrected chi connectivity index (χ2v) is 17.9. The molecule has 0 bridgehead atoms. The molecule has 4 aliphatic carbocycles. The molecular weight excluding hydrogens is 701 g/mol. The standard InChI is InChI=1S/C41H55Cl2N3O6/c1-23(2)9-8-10-28(38(50)51-22-27-21-46(45-44-27)20-26-11-12-31(42)32(43)17-26)36-30-18-34(49)37-39(5)15-14-33(48)24(3)29(39)13-16-40(37,6)41(30,7)19-35(36)52-25(4)47/h9,11-12,17,21,24,29-30,33-35,37,48-49H,8,10,13-16,18-20,22H2,1-7H3/b36-28-/t24-,29-,30-,33+,34+,35-,37-,39-,40-,41-/m0/s1. The molecule has 1 heterocycles. The van der Waals surface area contributed by atoms with Crippen LogP contribution in [0.2, 0.25) is 10.0 Å². The summed E-state index contributed by atoms with van der Waals surface area (Å²) in [5, 5.41) is 32.5. The van der Waals surface area contributed by atoms with Crippen molar-refractivity contribution in [3.05, 3.63) is 68.5 Å². The van der Waals surface area contributed by atoms with Crippen molar-refractivity contribution in [3.63, 3.8) is 0 Å². The Hall–Kier alpha value is -2.72. The molecule has 6 rings (SSSR count). The highest BCUT2D eigenvalue weighted by Crippen LogP contribution is 2.74. The van der Waals surface area contributed by atoms with Crippen LogP contribution in [0.1, 0.15) is 111 Å². The van der Waals surface area contributed by atoms with Crippen LogP contribution in [-0.4, -0.2) is 55.5 Å². The van der Waals surface area contributed by atoms with Crippen LogP contribution in [0.3, 0.4) is 0 Å². The highest BCUT2D eigenvalue weighted by Gasteiger charge is 2.70. The van der Waals surface area contributed by atoms with Crippen molar-refractivity contribution >= 4 is 35.1 Å². The van der Waals surface area contributed by atoms with Gasteiger partial charge in [0.2, 0.25) is 0 Å². The lowest BCUT2D eigenvalue weighted by atomic mass is 9.36. The van der Waals surface area contributed by atoms with Gasteiger partial charge in [-0.25, -0.2) is 9.48 Å². The maximum atomic E-state index is 14.3. The molecule has 52 heavy (non-hydrogen) atoms. The number of halogens is 2. The van der Waals surface area contributed by atoms with E-state index in [4.69, 9.17) is 32.7 Å². The summed E-state index contributed by atoms with van der Waals surface area (Å²) < 4.78 is 13.8. The van der Waals surface area contributed by atoms with Crippen molar-refractivity contribution < 1.29 is 29.3 Å². The fourth-order valence-electron chi connectivity index (χ4n) is 11.3. The number of esters is 2. The average Bonchev–Trinajstić information content (AvgIpc) is 3.63. The van der Waals surface area contributed by atoms with Gasteiger partial charge in [0.25, 0.3) is 0 Å². The lowest BCUT2D eigenvalue weighted by Crippen LogP contribution is -2.65. The van der Waals surface area contributed by atoms with E-state index in [0.717, 1.165) is 42.4 Å². The first-order valence-electron chi connectivity index (χ1n) is 18.9. The predicted octanol–water partition coefficient (Wildman–Crippen LogP) is 8.27. The molecule has 9 nitrogen and oxygen atoms in total. The number of carbonyl (C=O) groups excluding carboxylic acids is 2. The molecule has 2 N–H and O–H groups in total. The van der Waals surface area contributed by atoms with Crippen molar-refractivity contribution in [1.29, 1.82) is 0 Å². The lowest BCUT2D eigenvalue weighted by molar-refractivity contribution is -0.234. The van der Waals surface area contributed by atoms with Crippen molar-refractivity contribution in [2.45, 2.75) is 131 Å². The molecule has 0 amide bonds. The third-order valence-electron chi connectivity index (χ3n) is 13.8. The Balaban J connectivity index is 1.33. The highest BCUT2D eigenvalue weighted by molar-refractivity contribution is 6.42. The van der Waals surface area contributed by atoms with E-state index in [-0.39, 0.29) is 46.7 Å². The monoisotopic (exact) mass is 755 g/mol. The van der Waals surface area contributed by atoms with E-state index >= 15 is 0 Å². The van der Waals surface area contributed by atoms with Gasteiger partial charge in [0.15, 0.2) is 0 Å². The van der Waals surface area contributed by atoms with Gasteiger partial charge in [0.1, 0.15) is 18.4 Å². The lowest BCUT2D eigenvalue weighted by Gasteiger charge is -2.69. The number of carbonyl (C=O) groups is 2. The van der Waals surface area contributed by atoms with E-state index in [9.17, 15) is 19.8 Å². The van der Waals surface area contributed by atoms with Gasteiger partial charge in [-0.1, -0.05) is 73.8 Å². The Labute approximate surface area is 318 Å². The molecule has 10 atom stereocenters. The molecule has 4 saturated carbocycles. The molecule has 2 aromatic rings. The average molecular weight is 757 g/mol. The molecule has 284 valence electrons. The molecule has 0 radical (unpaired) electrons. The molecule has 4 fully saturated rings. The minimum absolute atomic E-state index is 0.0138. The molecular formula is C41H55Cl2N3O6. The van der Waals surface area contributed by atoms with Crippen LogP contribution in [0, 0.1) is 39.9 Å². The van der Waals surface area contributed by atoms with E-state index < -0.39 is 24.1 Å². The summed E-state index contributed by atoms with van der Waals surface area (Å²) in [4.78, 5) is 27.0. The Morgan fingerprint density at radius 2 is 1.79 bits per heavy atom. The number of aromatic nitrogens is 3. The summed E-state index contributed by atoms with van der Waals surface area (Å²) in [7, 11) is 0. The minimum Gasteiger partial charge on any atom is -0.458 e. The van der Waals surface area contributed by atoms with Crippen molar-refractivity contribution in [2.24, 2.45) is 39.9 Å². The second-order valence-electron chi connectivity index (χ2n) is 17.1. The van der Waals surface area contributed by atoms with E-state index in [2.05, 4.69) is 44.1 Å². The summed E-state index contributed by atoms with van der Waals surface area (Å²) in [5.41, 5.74) is 3.08. The highest BCUT2D eigenvalue weighted by atomic mass is 35.5. The zero-order valence-electron chi connectivity index (χ0n) is 31.6. The molecule has 0 saturated heterocycles. The Morgan fingerprint density at radius 3 is 2.48 bits per heavy atom. The third kappa shape index (κ3) is 7.00. The molecule has 4 aliphatic rings. The number of aliphatic hydroxyl groups is 2. The van der Waals surface area contributed by atoms with Crippen LogP contribution in [-0.2, 0) is 32.2 Å². The number of rotatable bonds is 9. The number of aliphatic hydroxyl groups excluding tert-OH is 2. The number of fused-ring (bicyclic) bond motifs is 5. The van der Waals surface area contributed by atoms with Crippen LogP contribution in [0.4, 0.5) is 0 Å². The third-order valence-corrected chi connectivity index (χ3v) is 14.6. The Bertz CT molecular complexity index is 1750. The number of allylic oxidation sites excluding steroid dienone is 2. The molecule has 0 unspecified atom stereocenters.